The van der Waals surface area contributed by atoms with E-state index in [1.807, 2.05) is 4.68 Å². The maximum absolute atomic E-state index is 13.2. The number of nitrogen functional groups attached to an aromatic ring is 1. The average Bonchev–Trinajstić information content (AvgIpc) is 2.90. The second kappa shape index (κ2) is 5.05. The number of rotatable bonds is 3. The highest BCUT2D eigenvalue weighted by molar-refractivity contribution is 5.98. The van der Waals surface area contributed by atoms with E-state index in [9.17, 15) is 4.39 Å². The van der Waals surface area contributed by atoms with Gasteiger partial charge in [-0.3, -0.25) is 0 Å². The van der Waals surface area contributed by atoms with Gasteiger partial charge in [0, 0.05) is 5.56 Å². The molecule has 0 unspecified atom stereocenters. The molecule has 5 nitrogen and oxygen atoms in total. The van der Waals surface area contributed by atoms with Crippen molar-refractivity contribution in [2.75, 3.05) is 5.73 Å². The third-order valence-corrected chi connectivity index (χ3v) is 4.05. The maximum Gasteiger partial charge on any atom is 0.164 e. The Morgan fingerprint density at radius 3 is 2.50 bits per heavy atom. The van der Waals surface area contributed by atoms with Crippen molar-refractivity contribution >= 4 is 16.9 Å². The first-order valence-corrected chi connectivity index (χ1v) is 7.19. The van der Waals surface area contributed by atoms with Crippen LogP contribution in [0.3, 0.4) is 0 Å². The Kier molecular flexibility index (Phi) is 3.31. The van der Waals surface area contributed by atoms with Crippen LogP contribution in [0.1, 0.15) is 27.2 Å². The first-order valence-electron chi connectivity index (χ1n) is 7.19. The molecule has 0 fully saturated rings. The third-order valence-electron chi connectivity index (χ3n) is 4.05. The second-order valence-corrected chi connectivity index (χ2v) is 5.89. The van der Waals surface area contributed by atoms with Crippen LogP contribution in [0.15, 0.2) is 30.6 Å². The molecule has 6 heteroatoms. The molecule has 114 valence electrons. The Morgan fingerprint density at radius 2 is 1.86 bits per heavy atom. The van der Waals surface area contributed by atoms with Crippen molar-refractivity contribution in [3.8, 4) is 11.3 Å². The van der Waals surface area contributed by atoms with Crippen LogP contribution in [-0.4, -0.2) is 19.7 Å². The molecule has 0 aliphatic carbocycles. The average molecular weight is 299 g/mol. The highest BCUT2D eigenvalue weighted by Crippen LogP contribution is 2.33. The maximum atomic E-state index is 13.2. The summed E-state index contributed by atoms with van der Waals surface area (Å²) < 4.78 is 15.0. The number of halogens is 1. The van der Waals surface area contributed by atoms with Gasteiger partial charge in [-0.2, -0.15) is 5.10 Å². The van der Waals surface area contributed by atoms with Crippen molar-refractivity contribution in [2.45, 2.75) is 32.7 Å². The molecular weight excluding hydrogens is 281 g/mol. The minimum absolute atomic E-state index is 0.211. The minimum atomic E-state index is -0.286. The highest BCUT2D eigenvalue weighted by Gasteiger charge is 2.26. The third kappa shape index (κ3) is 2.20. The highest BCUT2D eigenvalue weighted by atomic mass is 19.1. The summed E-state index contributed by atoms with van der Waals surface area (Å²) in [6.45, 7) is 6.27. The molecular formula is C16H18FN5. The van der Waals surface area contributed by atoms with Crippen LogP contribution in [0.5, 0.6) is 0 Å². The van der Waals surface area contributed by atoms with Crippen LogP contribution in [0.4, 0.5) is 10.2 Å². The molecule has 0 saturated carbocycles. The topological polar surface area (TPSA) is 69.6 Å². The zero-order valence-electron chi connectivity index (χ0n) is 12.8. The fourth-order valence-electron chi connectivity index (χ4n) is 2.36. The molecule has 0 aliphatic heterocycles. The van der Waals surface area contributed by atoms with Crippen LogP contribution in [-0.2, 0) is 5.54 Å². The van der Waals surface area contributed by atoms with Crippen LogP contribution >= 0.6 is 0 Å². The standard InChI is InChI=1S/C16H18FN5/c1-4-16(2,3)22-15-12(14(18)19-9-20-15)13(21-22)10-5-7-11(17)8-6-10/h5-9H,4H2,1-3H3,(H2,18,19,20). The Bertz CT molecular complexity index is 820. The molecule has 3 aromatic rings. The summed E-state index contributed by atoms with van der Waals surface area (Å²) >= 11 is 0. The van der Waals surface area contributed by atoms with Gasteiger partial charge in [-0.1, -0.05) is 6.92 Å². The van der Waals surface area contributed by atoms with Crippen molar-refractivity contribution in [3.05, 3.63) is 36.4 Å². The quantitative estimate of drug-likeness (QED) is 0.805. The van der Waals surface area contributed by atoms with E-state index in [2.05, 4.69) is 30.7 Å². The van der Waals surface area contributed by atoms with E-state index in [1.165, 1.54) is 18.5 Å². The van der Waals surface area contributed by atoms with Crippen molar-refractivity contribution in [1.29, 1.82) is 0 Å². The monoisotopic (exact) mass is 299 g/mol. The van der Waals surface area contributed by atoms with Crippen LogP contribution in [0.2, 0.25) is 0 Å². The number of benzene rings is 1. The first kappa shape index (κ1) is 14.4. The van der Waals surface area contributed by atoms with Gasteiger partial charge < -0.3 is 5.73 Å². The van der Waals surface area contributed by atoms with E-state index < -0.39 is 0 Å². The molecule has 2 N–H and O–H groups in total. The van der Waals surface area contributed by atoms with Crippen LogP contribution in [0, 0.1) is 5.82 Å². The van der Waals surface area contributed by atoms with Crippen molar-refractivity contribution < 1.29 is 4.39 Å². The fourth-order valence-corrected chi connectivity index (χ4v) is 2.36. The molecule has 22 heavy (non-hydrogen) atoms. The van der Waals surface area contributed by atoms with E-state index in [1.54, 1.807) is 12.1 Å². The second-order valence-electron chi connectivity index (χ2n) is 5.89. The van der Waals surface area contributed by atoms with Crippen molar-refractivity contribution in [1.82, 2.24) is 19.7 Å². The van der Waals surface area contributed by atoms with Gasteiger partial charge in [-0.05, 0) is 44.5 Å². The van der Waals surface area contributed by atoms with Gasteiger partial charge in [-0.15, -0.1) is 0 Å². The van der Waals surface area contributed by atoms with Crippen molar-refractivity contribution in [3.63, 3.8) is 0 Å². The molecule has 0 radical (unpaired) electrons. The van der Waals surface area contributed by atoms with E-state index in [-0.39, 0.29) is 11.4 Å². The van der Waals surface area contributed by atoms with Crippen molar-refractivity contribution in [2.24, 2.45) is 0 Å². The normalized spacial score (nSPS) is 12.0. The number of fused-ring (bicyclic) bond motifs is 1. The summed E-state index contributed by atoms with van der Waals surface area (Å²) in [5.41, 5.74) is 7.99. The summed E-state index contributed by atoms with van der Waals surface area (Å²) in [4.78, 5) is 8.43. The van der Waals surface area contributed by atoms with Crippen LogP contribution < -0.4 is 5.73 Å². The number of hydrogen-bond acceptors (Lipinski definition) is 4. The van der Waals surface area contributed by atoms with Gasteiger partial charge in [0.2, 0.25) is 0 Å². The lowest BCUT2D eigenvalue weighted by atomic mass is 10.0. The largest absolute Gasteiger partial charge is 0.383 e. The van der Waals surface area contributed by atoms with E-state index in [0.29, 0.717) is 22.5 Å². The lowest BCUT2D eigenvalue weighted by Gasteiger charge is -2.23. The van der Waals surface area contributed by atoms with Crippen LogP contribution in [0.25, 0.3) is 22.3 Å². The number of nitrogens with two attached hydrogens (primary N) is 1. The Hall–Kier alpha value is -2.50. The molecule has 3 rings (SSSR count). The summed E-state index contributed by atoms with van der Waals surface area (Å²) in [6.07, 6.45) is 2.33. The van der Waals surface area contributed by atoms with Gasteiger partial charge in [-0.25, -0.2) is 19.0 Å². The molecule has 0 aliphatic rings. The molecule has 0 bridgehead atoms. The zero-order chi connectivity index (χ0) is 15.9. The van der Waals surface area contributed by atoms with Gasteiger partial charge in [0.05, 0.1) is 10.9 Å². The Labute approximate surface area is 128 Å². The van der Waals surface area contributed by atoms with E-state index in [4.69, 9.17) is 10.8 Å². The lowest BCUT2D eigenvalue weighted by molar-refractivity contribution is 0.317. The molecule has 2 heterocycles. The molecule has 0 atom stereocenters. The van der Waals surface area contributed by atoms with E-state index >= 15 is 0 Å². The summed E-state index contributed by atoms with van der Waals surface area (Å²) in [7, 11) is 0. The molecule has 1 aromatic carbocycles. The lowest BCUT2D eigenvalue weighted by Crippen LogP contribution is -2.26. The minimum Gasteiger partial charge on any atom is -0.383 e. The Balaban J connectivity index is 2.33. The van der Waals surface area contributed by atoms with E-state index in [0.717, 1.165) is 12.0 Å². The van der Waals surface area contributed by atoms with Gasteiger partial charge in [0.15, 0.2) is 5.65 Å². The molecule has 0 saturated heterocycles. The number of hydrogen-bond donors (Lipinski definition) is 1. The number of anilines is 1. The zero-order valence-corrected chi connectivity index (χ0v) is 12.8. The predicted octanol–water partition coefficient (Wildman–Crippen LogP) is 3.36. The Morgan fingerprint density at radius 1 is 1.18 bits per heavy atom. The SMILES string of the molecule is CCC(C)(C)n1nc(-c2ccc(F)cc2)c2c(N)ncnc21. The summed E-state index contributed by atoms with van der Waals surface area (Å²) in [5.74, 6) is 0.0908. The molecule has 2 aromatic heterocycles. The van der Waals surface area contributed by atoms with Gasteiger partial charge in [0.1, 0.15) is 23.7 Å². The number of nitrogens with zero attached hydrogens (tertiary/aromatic N) is 4. The summed E-state index contributed by atoms with van der Waals surface area (Å²) in [6, 6.07) is 6.19. The van der Waals surface area contributed by atoms with Gasteiger partial charge in [0.25, 0.3) is 0 Å². The first-order chi connectivity index (χ1) is 10.4. The predicted molar refractivity (Wildman–Crippen MR) is 84.7 cm³/mol. The molecule has 0 spiro atoms. The van der Waals surface area contributed by atoms with Gasteiger partial charge >= 0.3 is 0 Å². The smallest absolute Gasteiger partial charge is 0.164 e. The fraction of sp³-hybridized carbons (Fsp3) is 0.312. The summed E-state index contributed by atoms with van der Waals surface area (Å²) in [5, 5.41) is 5.41. The number of aromatic nitrogens is 4. The molecule has 0 amide bonds.